The van der Waals surface area contributed by atoms with Crippen molar-refractivity contribution in [3.05, 3.63) is 72.3 Å². The van der Waals surface area contributed by atoms with Crippen molar-refractivity contribution in [2.75, 3.05) is 23.4 Å². The highest BCUT2D eigenvalue weighted by atomic mass is 16.5. The highest BCUT2D eigenvalue weighted by Gasteiger charge is 2.40. The predicted molar refractivity (Wildman–Crippen MR) is 112 cm³/mol. The average Bonchev–Trinajstić information content (AvgIpc) is 2.71. The first-order valence-corrected chi connectivity index (χ1v) is 9.28. The minimum atomic E-state index is -1.38. The maximum Gasteiger partial charge on any atom is 0.337 e. The molecule has 0 unspecified atom stereocenters. The lowest BCUT2D eigenvalue weighted by atomic mass is 9.95. The molecule has 0 spiro atoms. The molecule has 2 atom stereocenters. The van der Waals surface area contributed by atoms with E-state index in [0.717, 1.165) is 22.5 Å². The number of aliphatic hydroxyl groups is 1. The van der Waals surface area contributed by atoms with Crippen LogP contribution < -0.4 is 10.2 Å². The number of hydrogen-bond acceptors (Lipinski definition) is 4. The minimum absolute atomic E-state index is 0.199. The number of aliphatic imine (C=N–C) groups is 1. The van der Waals surface area contributed by atoms with E-state index in [0.29, 0.717) is 12.5 Å². The quantitative estimate of drug-likeness (QED) is 0.594. The number of para-hydroxylation sites is 1. The molecule has 0 bridgehead atoms. The number of anilines is 2. The fourth-order valence-corrected chi connectivity index (χ4v) is 3.24. The van der Waals surface area contributed by atoms with E-state index >= 15 is 0 Å². The van der Waals surface area contributed by atoms with Crippen molar-refractivity contribution in [2.24, 2.45) is 4.99 Å². The smallest absolute Gasteiger partial charge is 0.337 e. The molecule has 0 radical (unpaired) electrons. The summed E-state index contributed by atoms with van der Waals surface area (Å²) in [6, 6.07) is 14.7. The fraction of sp³-hybridized carbons (Fsp3) is 0.273. The number of rotatable bonds is 6. The molecule has 6 heteroatoms. The first-order chi connectivity index (χ1) is 13.6. The van der Waals surface area contributed by atoms with Crippen LogP contribution in [0.15, 0.2) is 66.2 Å². The maximum atomic E-state index is 12.4. The van der Waals surface area contributed by atoms with Gasteiger partial charge in [-0.05, 0) is 32.0 Å². The van der Waals surface area contributed by atoms with Gasteiger partial charge >= 0.3 is 5.97 Å². The van der Waals surface area contributed by atoms with E-state index in [1.165, 1.54) is 0 Å². The van der Waals surface area contributed by atoms with Crippen molar-refractivity contribution < 1.29 is 14.6 Å². The van der Waals surface area contributed by atoms with Crippen LogP contribution in [0.5, 0.6) is 0 Å². The first-order valence-electron chi connectivity index (χ1n) is 9.28. The van der Waals surface area contributed by atoms with Crippen molar-refractivity contribution in [3.63, 3.8) is 0 Å². The molecule has 146 valence electrons. The summed E-state index contributed by atoms with van der Waals surface area (Å²) in [7, 11) is 0. The Morgan fingerprint density at radius 2 is 2.04 bits per heavy atom. The van der Waals surface area contributed by atoms with Crippen LogP contribution in [0, 0.1) is 6.92 Å². The fourth-order valence-electron chi connectivity index (χ4n) is 3.24. The largest absolute Gasteiger partial charge is 0.464 e. The zero-order valence-electron chi connectivity index (χ0n) is 16.1. The third kappa shape index (κ3) is 3.92. The van der Waals surface area contributed by atoms with E-state index in [1.807, 2.05) is 60.4 Å². The van der Waals surface area contributed by atoms with Gasteiger partial charge in [0.2, 0.25) is 5.96 Å². The number of hydrogen-bond donors (Lipinski definition) is 2. The van der Waals surface area contributed by atoms with E-state index < -0.39 is 18.1 Å². The Morgan fingerprint density at radius 3 is 2.71 bits per heavy atom. The second kappa shape index (κ2) is 8.71. The number of benzene rings is 2. The lowest BCUT2D eigenvalue weighted by Crippen LogP contribution is -2.50. The van der Waals surface area contributed by atoms with Crippen LogP contribution in [0.4, 0.5) is 11.4 Å². The number of nitrogens with one attached hydrogen (secondary N) is 1. The zero-order chi connectivity index (χ0) is 20.1. The third-order valence-electron chi connectivity index (χ3n) is 4.54. The molecule has 0 fully saturated rings. The molecular weight excluding hydrogens is 354 g/mol. The van der Waals surface area contributed by atoms with Gasteiger partial charge in [0, 0.05) is 16.9 Å². The summed E-state index contributed by atoms with van der Waals surface area (Å²) >= 11 is 0. The Bertz CT molecular complexity index is 877. The van der Waals surface area contributed by atoms with E-state index in [-0.39, 0.29) is 6.61 Å². The van der Waals surface area contributed by atoms with Crippen LogP contribution in [0.3, 0.4) is 0 Å². The van der Waals surface area contributed by atoms with Gasteiger partial charge < -0.3 is 20.1 Å². The SMILES string of the molecule is C=CCN=C1Nc2ccccc2[C@@H]([C@H](O)C(=O)OCC)N1c1ccc(C)cc1. The molecule has 1 heterocycles. The first kappa shape index (κ1) is 19.6. The van der Waals surface area contributed by atoms with Gasteiger partial charge in [-0.2, -0.15) is 0 Å². The molecule has 1 aliphatic rings. The lowest BCUT2D eigenvalue weighted by Gasteiger charge is -2.41. The Morgan fingerprint density at radius 1 is 1.32 bits per heavy atom. The standard InChI is InChI=1S/C22H25N3O3/c1-4-14-23-22-24-18-9-7-6-8-17(18)19(20(26)21(27)28-5-2)25(22)16-12-10-15(3)11-13-16/h4,6-13,19-20,26H,1,5,14H2,2-3H3,(H,23,24)/t19-,20-/m0/s1. The molecule has 28 heavy (non-hydrogen) atoms. The second-order valence-electron chi connectivity index (χ2n) is 6.51. The summed E-state index contributed by atoms with van der Waals surface area (Å²) in [5.41, 5.74) is 3.51. The van der Waals surface area contributed by atoms with Crippen LogP contribution in [0.25, 0.3) is 0 Å². The predicted octanol–water partition coefficient (Wildman–Crippen LogP) is 3.43. The molecule has 2 N–H and O–H groups in total. The van der Waals surface area contributed by atoms with Gasteiger partial charge in [0.15, 0.2) is 6.10 Å². The molecule has 6 nitrogen and oxygen atoms in total. The van der Waals surface area contributed by atoms with E-state index in [2.05, 4.69) is 16.9 Å². The topological polar surface area (TPSA) is 74.2 Å². The van der Waals surface area contributed by atoms with Crippen molar-refractivity contribution in [1.29, 1.82) is 0 Å². The molecule has 0 amide bonds. The Balaban J connectivity index is 2.16. The highest BCUT2D eigenvalue weighted by molar-refractivity contribution is 6.09. The normalized spacial score (nSPS) is 18.2. The molecule has 0 saturated heterocycles. The second-order valence-corrected chi connectivity index (χ2v) is 6.51. The summed E-state index contributed by atoms with van der Waals surface area (Å²) in [4.78, 5) is 18.8. The molecule has 1 aliphatic heterocycles. The molecule has 0 aliphatic carbocycles. The van der Waals surface area contributed by atoms with Gasteiger partial charge in [-0.1, -0.05) is 42.0 Å². The molecular formula is C22H25N3O3. The third-order valence-corrected chi connectivity index (χ3v) is 4.54. The summed E-state index contributed by atoms with van der Waals surface area (Å²) in [5.74, 6) is -0.125. The van der Waals surface area contributed by atoms with Gasteiger partial charge in [0.05, 0.1) is 13.2 Å². The lowest BCUT2D eigenvalue weighted by molar-refractivity contribution is -0.154. The van der Waals surface area contributed by atoms with Crippen LogP contribution in [-0.2, 0) is 9.53 Å². The number of esters is 1. The van der Waals surface area contributed by atoms with E-state index in [9.17, 15) is 9.90 Å². The number of aryl methyl sites for hydroxylation is 1. The van der Waals surface area contributed by atoms with Gasteiger partial charge in [-0.15, -0.1) is 6.58 Å². The van der Waals surface area contributed by atoms with Crippen molar-refractivity contribution in [1.82, 2.24) is 0 Å². The van der Waals surface area contributed by atoms with Gasteiger partial charge in [0.25, 0.3) is 0 Å². The Hall–Kier alpha value is -3.12. The van der Waals surface area contributed by atoms with Gasteiger partial charge in [0.1, 0.15) is 6.04 Å². The Kier molecular flexibility index (Phi) is 6.11. The zero-order valence-corrected chi connectivity index (χ0v) is 16.1. The summed E-state index contributed by atoms with van der Waals surface area (Å²) < 4.78 is 5.10. The van der Waals surface area contributed by atoms with Crippen molar-refractivity contribution >= 4 is 23.3 Å². The molecule has 0 saturated carbocycles. The van der Waals surface area contributed by atoms with Crippen molar-refractivity contribution in [2.45, 2.75) is 26.0 Å². The molecule has 3 rings (SSSR count). The van der Waals surface area contributed by atoms with Gasteiger partial charge in [-0.25, -0.2) is 9.79 Å². The number of aliphatic hydroxyl groups excluding tert-OH is 1. The van der Waals surface area contributed by atoms with Crippen LogP contribution >= 0.6 is 0 Å². The molecule has 2 aromatic rings. The summed E-state index contributed by atoms with van der Waals surface area (Å²) in [6.07, 6.45) is 0.317. The van der Waals surface area contributed by atoms with Crippen LogP contribution in [0.1, 0.15) is 24.1 Å². The number of carbonyl (C=O) groups is 1. The van der Waals surface area contributed by atoms with Crippen molar-refractivity contribution in [3.8, 4) is 0 Å². The highest BCUT2D eigenvalue weighted by Crippen LogP contribution is 2.38. The number of carbonyl (C=O) groups excluding carboxylic acids is 1. The minimum Gasteiger partial charge on any atom is -0.464 e. The van der Waals surface area contributed by atoms with E-state index in [1.54, 1.807) is 13.0 Å². The van der Waals surface area contributed by atoms with E-state index in [4.69, 9.17) is 4.74 Å². The number of ether oxygens (including phenoxy) is 1. The molecule has 0 aromatic heterocycles. The number of guanidine groups is 1. The van der Waals surface area contributed by atoms with Gasteiger partial charge in [-0.3, -0.25) is 0 Å². The summed E-state index contributed by atoms with van der Waals surface area (Å²) in [6.45, 7) is 8.05. The van der Waals surface area contributed by atoms with Crippen LogP contribution in [0.2, 0.25) is 0 Å². The average molecular weight is 379 g/mol. The summed E-state index contributed by atoms with van der Waals surface area (Å²) in [5, 5.41) is 14.2. The monoisotopic (exact) mass is 379 g/mol. The molecule has 2 aromatic carbocycles. The number of fused-ring (bicyclic) bond motifs is 1. The number of nitrogens with zero attached hydrogens (tertiary/aromatic N) is 2. The van der Waals surface area contributed by atoms with Crippen LogP contribution in [-0.4, -0.2) is 36.3 Å². The maximum absolute atomic E-state index is 12.4. The Labute approximate surface area is 165 Å².